The van der Waals surface area contributed by atoms with Crippen LogP contribution in [0, 0.1) is 6.92 Å². The average molecular weight is 365 g/mol. The normalized spacial score (nSPS) is 15.5. The molecule has 1 aliphatic rings. The number of ether oxygens (including phenoxy) is 2. The minimum absolute atomic E-state index is 0.144. The van der Waals surface area contributed by atoms with E-state index in [0.717, 1.165) is 5.39 Å². The third-order valence-corrected chi connectivity index (χ3v) is 4.44. The number of nitrogens with one attached hydrogen (secondary N) is 1. The van der Waals surface area contributed by atoms with E-state index in [1.807, 2.05) is 43.3 Å². The van der Waals surface area contributed by atoms with E-state index in [1.54, 1.807) is 12.1 Å². The first kappa shape index (κ1) is 17.1. The fraction of sp³-hybridized carbons (Fsp3) is 0.250. The van der Waals surface area contributed by atoms with Crippen LogP contribution in [0.25, 0.3) is 10.8 Å². The van der Waals surface area contributed by atoms with Crippen LogP contribution in [0.3, 0.4) is 0 Å². The number of carbonyl (C=O) groups is 1. The molecule has 7 nitrogen and oxygen atoms in total. The van der Waals surface area contributed by atoms with Gasteiger partial charge in [0, 0.05) is 5.39 Å². The van der Waals surface area contributed by atoms with E-state index in [4.69, 9.17) is 9.47 Å². The van der Waals surface area contributed by atoms with Crippen molar-refractivity contribution in [3.63, 3.8) is 0 Å². The summed E-state index contributed by atoms with van der Waals surface area (Å²) < 4.78 is 12.6. The van der Waals surface area contributed by atoms with E-state index in [-0.39, 0.29) is 30.7 Å². The Hall–Kier alpha value is -3.35. The molecular weight excluding hydrogens is 346 g/mol. The van der Waals surface area contributed by atoms with E-state index in [0.29, 0.717) is 29.2 Å². The van der Waals surface area contributed by atoms with Gasteiger partial charge in [0.2, 0.25) is 5.91 Å². The molecule has 4 rings (SSSR count). The zero-order valence-electron chi connectivity index (χ0n) is 14.8. The molecule has 1 aromatic heterocycles. The van der Waals surface area contributed by atoms with Crippen molar-refractivity contribution in [2.75, 3.05) is 13.2 Å². The first-order valence-electron chi connectivity index (χ1n) is 8.73. The van der Waals surface area contributed by atoms with E-state index in [9.17, 15) is 9.59 Å². The molecule has 0 bridgehead atoms. The van der Waals surface area contributed by atoms with Gasteiger partial charge < -0.3 is 14.8 Å². The molecule has 0 radical (unpaired) electrons. The molecule has 1 aliphatic heterocycles. The quantitative estimate of drug-likeness (QED) is 0.760. The summed E-state index contributed by atoms with van der Waals surface area (Å²) >= 11 is 0. The highest BCUT2D eigenvalue weighted by Gasteiger charge is 2.21. The Morgan fingerprint density at radius 2 is 1.85 bits per heavy atom. The molecule has 1 amide bonds. The van der Waals surface area contributed by atoms with Crippen molar-refractivity contribution >= 4 is 16.7 Å². The predicted octanol–water partition coefficient (Wildman–Crippen LogP) is 1.66. The van der Waals surface area contributed by atoms with Crippen molar-refractivity contribution in [2.24, 2.45) is 0 Å². The monoisotopic (exact) mass is 365 g/mol. The van der Waals surface area contributed by atoms with Crippen LogP contribution in [0.5, 0.6) is 11.5 Å². The predicted molar refractivity (Wildman–Crippen MR) is 100 cm³/mol. The highest BCUT2D eigenvalue weighted by molar-refractivity contribution is 5.83. The van der Waals surface area contributed by atoms with E-state index >= 15 is 0 Å². The number of rotatable bonds is 4. The van der Waals surface area contributed by atoms with Gasteiger partial charge in [0.1, 0.15) is 19.3 Å². The molecule has 1 atom stereocenters. The third kappa shape index (κ3) is 3.48. The summed E-state index contributed by atoms with van der Waals surface area (Å²) in [6.45, 7) is 2.31. The first-order valence-corrected chi connectivity index (χ1v) is 8.73. The van der Waals surface area contributed by atoms with Crippen molar-refractivity contribution in [3.8, 4) is 11.5 Å². The summed E-state index contributed by atoms with van der Waals surface area (Å²) in [5.74, 6) is 1.05. The highest BCUT2D eigenvalue weighted by Crippen LogP contribution is 2.30. The van der Waals surface area contributed by atoms with Gasteiger partial charge in [0.05, 0.1) is 17.6 Å². The number of aromatic nitrogens is 2. The van der Waals surface area contributed by atoms with Crippen LogP contribution in [-0.4, -0.2) is 34.9 Å². The molecule has 0 saturated carbocycles. The number of hydrogen-bond donors (Lipinski definition) is 1. The van der Waals surface area contributed by atoms with Crippen molar-refractivity contribution in [2.45, 2.75) is 19.6 Å². The number of amides is 1. The Labute approximate surface area is 155 Å². The van der Waals surface area contributed by atoms with Gasteiger partial charge in [-0.05, 0) is 25.1 Å². The SMILES string of the molecule is Cc1nn(CC(=O)NC[C@@H]2COc3ccccc3O2)c(=O)c2ccccc12. The number of benzene rings is 2. The topological polar surface area (TPSA) is 82.5 Å². The molecule has 0 spiro atoms. The smallest absolute Gasteiger partial charge is 0.275 e. The van der Waals surface area contributed by atoms with Crippen LogP contribution in [0.4, 0.5) is 0 Å². The molecule has 0 fully saturated rings. The van der Waals surface area contributed by atoms with Crippen molar-refractivity contribution < 1.29 is 14.3 Å². The standard InChI is InChI=1S/C20H19N3O4/c1-13-15-6-2-3-7-16(15)20(25)23(22-13)11-19(24)21-10-14-12-26-17-8-4-5-9-18(17)27-14/h2-9,14H,10-12H2,1H3,(H,21,24)/t14-/m1/s1. The number of hydrogen-bond acceptors (Lipinski definition) is 5. The van der Waals surface area contributed by atoms with E-state index in [1.165, 1.54) is 4.68 Å². The number of fused-ring (bicyclic) bond motifs is 2. The molecule has 138 valence electrons. The van der Waals surface area contributed by atoms with Crippen LogP contribution >= 0.6 is 0 Å². The third-order valence-electron chi connectivity index (χ3n) is 4.44. The maximum absolute atomic E-state index is 12.5. The molecular formula is C20H19N3O4. The lowest BCUT2D eigenvalue weighted by molar-refractivity contribution is -0.122. The maximum atomic E-state index is 12.5. The fourth-order valence-corrected chi connectivity index (χ4v) is 3.09. The average Bonchev–Trinajstić information content (AvgIpc) is 2.70. The van der Waals surface area contributed by atoms with Crippen molar-refractivity contribution in [1.29, 1.82) is 0 Å². The lowest BCUT2D eigenvalue weighted by Gasteiger charge is -2.26. The Morgan fingerprint density at radius 3 is 2.67 bits per heavy atom. The van der Waals surface area contributed by atoms with Gasteiger partial charge in [0.25, 0.3) is 5.56 Å². The highest BCUT2D eigenvalue weighted by atomic mass is 16.6. The van der Waals surface area contributed by atoms with Crippen LogP contribution in [0.15, 0.2) is 53.3 Å². The maximum Gasteiger partial charge on any atom is 0.275 e. The summed E-state index contributed by atoms with van der Waals surface area (Å²) in [5.41, 5.74) is 0.427. The molecule has 7 heteroatoms. The van der Waals surface area contributed by atoms with Crippen LogP contribution in [0.1, 0.15) is 5.69 Å². The number of para-hydroxylation sites is 2. The zero-order chi connectivity index (χ0) is 18.8. The van der Waals surface area contributed by atoms with E-state index < -0.39 is 0 Å². The molecule has 2 aromatic carbocycles. The Kier molecular flexibility index (Phi) is 4.50. The number of nitrogens with zero attached hydrogens (tertiary/aromatic N) is 2. The van der Waals surface area contributed by atoms with Crippen LogP contribution in [-0.2, 0) is 11.3 Å². The van der Waals surface area contributed by atoms with E-state index in [2.05, 4.69) is 10.4 Å². The minimum Gasteiger partial charge on any atom is -0.486 e. The molecule has 0 aliphatic carbocycles. The molecule has 2 heterocycles. The molecule has 1 N–H and O–H groups in total. The second-order valence-corrected chi connectivity index (χ2v) is 6.40. The summed E-state index contributed by atoms with van der Waals surface area (Å²) in [6, 6.07) is 14.6. The van der Waals surface area contributed by atoms with Gasteiger partial charge in [-0.1, -0.05) is 30.3 Å². The molecule has 0 saturated heterocycles. The summed E-state index contributed by atoms with van der Waals surface area (Å²) in [4.78, 5) is 24.8. The molecule has 27 heavy (non-hydrogen) atoms. The first-order chi connectivity index (χ1) is 13.1. The van der Waals surface area contributed by atoms with Gasteiger partial charge in [0.15, 0.2) is 11.5 Å². The number of aryl methyl sites for hydroxylation is 1. The van der Waals surface area contributed by atoms with Gasteiger partial charge in [-0.3, -0.25) is 9.59 Å². The molecule has 0 unspecified atom stereocenters. The molecule has 3 aromatic rings. The zero-order valence-corrected chi connectivity index (χ0v) is 14.8. The van der Waals surface area contributed by atoms with Gasteiger partial charge >= 0.3 is 0 Å². The van der Waals surface area contributed by atoms with Gasteiger partial charge in [-0.25, -0.2) is 4.68 Å². The Bertz CT molecular complexity index is 1060. The van der Waals surface area contributed by atoms with Gasteiger partial charge in [-0.2, -0.15) is 5.10 Å². The summed E-state index contributed by atoms with van der Waals surface area (Å²) in [5, 5.41) is 8.39. The Balaban J connectivity index is 1.41. The lowest BCUT2D eigenvalue weighted by Crippen LogP contribution is -2.42. The van der Waals surface area contributed by atoms with Crippen molar-refractivity contribution in [1.82, 2.24) is 15.1 Å². The second kappa shape index (κ2) is 7.11. The van der Waals surface area contributed by atoms with Crippen LogP contribution in [0.2, 0.25) is 0 Å². The number of carbonyl (C=O) groups excluding carboxylic acids is 1. The van der Waals surface area contributed by atoms with Gasteiger partial charge in [-0.15, -0.1) is 0 Å². The fourth-order valence-electron chi connectivity index (χ4n) is 3.09. The lowest BCUT2D eigenvalue weighted by atomic mass is 10.1. The van der Waals surface area contributed by atoms with Crippen molar-refractivity contribution in [3.05, 3.63) is 64.6 Å². The second-order valence-electron chi connectivity index (χ2n) is 6.40. The summed E-state index contributed by atoms with van der Waals surface area (Å²) in [6.07, 6.45) is -0.285. The minimum atomic E-state index is -0.304. The largest absolute Gasteiger partial charge is 0.486 e. The van der Waals surface area contributed by atoms with Crippen LogP contribution < -0.4 is 20.3 Å². The Morgan fingerprint density at radius 1 is 1.15 bits per heavy atom. The summed E-state index contributed by atoms with van der Waals surface area (Å²) in [7, 11) is 0.